The first-order chi connectivity index (χ1) is 9.98. The number of hydrogen-bond donors (Lipinski definition) is 1. The number of nitrogens with one attached hydrogen (secondary N) is 1. The summed E-state index contributed by atoms with van der Waals surface area (Å²) < 4.78 is 0. The highest BCUT2D eigenvalue weighted by Crippen LogP contribution is 2.15. The Kier molecular flexibility index (Phi) is 37.7. The molecule has 0 heterocycles. The van der Waals surface area contributed by atoms with Crippen LogP contribution in [0.25, 0.3) is 0 Å². The molecule has 1 N–H and O–H groups in total. The van der Waals surface area contributed by atoms with E-state index in [9.17, 15) is 0 Å². The van der Waals surface area contributed by atoms with Gasteiger partial charge in [0.25, 0.3) is 0 Å². The van der Waals surface area contributed by atoms with Crippen molar-refractivity contribution in [1.29, 1.82) is 0 Å². The van der Waals surface area contributed by atoms with Gasteiger partial charge in [-0.1, -0.05) is 79.0 Å². The van der Waals surface area contributed by atoms with Crippen molar-refractivity contribution in [3.63, 3.8) is 0 Å². The molecule has 0 bridgehead atoms. The highest BCUT2D eigenvalue weighted by atomic mass is 14.8. The topological polar surface area (TPSA) is 12.0 Å². The van der Waals surface area contributed by atoms with E-state index in [-0.39, 0.29) is 0 Å². The molecule has 0 unspecified atom stereocenters. The average Bonchev–Trinajstić information content (AvgIpc) is 2.54. The van der Waals surface area contributed by atoms with Gasteiger partial charge in [0.1, 0.15) is 0 Å². The summed E-state index contributed by atoms with van der Waals surface area (Å²) in [5.41, 5.74) is 4.54. The maximum atomic E-state index is 2.93. The van der Waals surface area contributed by atoms with Crippen molar-refractivity contribution in [3.8, 4) is 0 Å². The molecule has 1 heteroatoms. The van der Waals surface area contributed by atoms with Crippen molar-refractivity contribution in [2.24, 2.45) is 0 Å². The van der Waals surface area contributed by atoms with E-state index in [1.54, 1.807) is 0 Å². The van der Waals surface area contributed by atoms with Crippen molar-refractivity contribution in [2.75, 3.05) is 13.6 Å². The lowest BCUT2D eigenvalue weighted by Crippen LogP contribution is -2.01. The fraction of sp³-hybridized carbons (Fsp3) is 0.800. The molecule has 0 aromatic heterocycles. The third-order valence-electron chi connectivity index (χ3n) is 2.79. The maximum absolute atomic E-state index is 2.93. The minimum Gasteiger partial charge on any atom is -0.320 e. The number of rotatable bonds is 5. The molecule has 0 fully saturated rings. The van der Waals surface area contributed by atoms with E-state index < -0.39 is 0 Å². The van der Waals surface area contributed by atoms with Crippen LogP contribution in [0.5, 0.6) is 0 Å². The Balaban J connectivity index is -0.000000133. The second-order valence-electron chi connectivity index (χ2n) is 4.77. The van der Waals surface area contributed by atoms with Gasteiger partial charge in [-0.15, -0.1) is 0 Å². The van der Waals surface area contributed by atoms with Gasteiger partial charge in [-0.05, 0) is 52.3 Å². The van der Waals surface area contributed by atoms with Gasteiger partial charge in [0.15, 0.2) is 0 Å². The number of hydrogen-bond acceptors (Lipinski definition) is 1. The van der Waals surface area contributed by atoms with Gasteiger partial charge in [-0.3, -0.25) is 0 Å². The summed E-state index contributed by atoms with van der Waals surface area (Å²) in [6.45, 7) is 22.5. The van der Waals surface area contributed by atoms with Crippen molar-refractivity contribution in [3.05, 3.63) is 22.8 Å². The Morgan fingerprint density at radius 3 is 1.38 bits per heavy atom. The van der Waals surface area contributed by atoms with Crippen LogP contribution in [0.3, 0.4) is 0 Å². The van der Waals surface area contributed by atoms with E-state index >= 15 is 0 Å². The van der Waals surface area contributed by atoms with Gasteiger partial charge in [-0.25, -0.2) is 0 Å². The maximum Gasteiger partial charge on any atom is -0.00804 e. The van der Waals surface area contributed by atoms with Crippen molar-refractivity contribution in [1.82, 2.24) is 5.32 Å². The highest BCUT2D eigenvalue weighted by molar-refractivity contribution is 5.27. The first kappa shape index (κ1) is 28.6. The summed E-state index contributed by atoms with van der Waals surface area (Å²) in [7, 11) is 1.93. The molecule has 0 spiro atoms. The normalized spacial score (nSPS) is 10.9. The highest BCUT2D eigenvalue weighted by Gasteiger charge is 1.95. The Morgan fingerprint density at radius 1 is 0.810 bits per heavy atom. The summed E-state index contributed by atoms with van der Waals surface area (Å²) in [4.78, 5) is 0. The third-order valence-corrected chi connectivity index (χ3v) is 2.79. The molecule has 0 aliphatic heterocycles. The monoisotopic (exact) mass is 299 g/mol. The third kappa shape index (κ3) is 28.4. The van der Waals surface area contributed by atoms with Crippen LogP contribution < -0.4 is 5.32 Å². The quantitative estimate of drug-likeness (QED) is 0.531. The molecule has 0 rings (SSSR count). The van der Waals surface area contributed by atoms with Crippen LogP contribution in [-0.4, -0.2) is 13.6 Å². The molecule has 0 aliphatic carbocycles. The molecule has 0 aromatic rings. The van der Waals surface area contributed by atoms with Crippen molar-refractivity contribution in [2.45, 2.75) is 94.9 Å². The smallest absolute Gasteiger partial charge is 0.00804 e. The molecule has 21 heavy (non-hydrogen) atoms. The van der Waals surface area contributed by atoms with Gasteiger partial charge in [0, 0.05) is 0 Å². The summed E-state index contributed by atoms with van der Waals surface area (Å²) in [6.07, 6.45) is 7.10. The van der Waals surface area contributed by atoms with Crippen LogP contribution in [0.15, 0.2) is 22.8 Å². The van der Waals surface area contributed by atoms with Crippen LogP contribution >= 0.6 is 0 Å². The van der Waals surface area contributed by atoms with Gasteiger partial charge in [0.2, 0.25) is 0 Å². The molecule has 0 radical (unpaired) electrons. The largest absolute Gasteiger partial charge is 0.320 e. The first-order valence-corrected chi connectivity index (χ1v) is 8.98. The van der Waals surface area contributed by atoms with Crippen LogP contribution in [-0.2, 0) is 0 Å². The zero-order valence-corrected chi connectivity index (χ0v) is 17.1. The minimum atomic E-state index is 1.07. The van der Waals surface area contributed by atoms with E-state index in [4.69, 9.17) is 0 Å². The van der Waals surface area contributed by atoms with Crippen molar-refractivity contribution < 1.29 is 0 Å². The van der Waals surface area contributed by atoms with Crippen molar-refractivity contribution >= 4 is 0 Å². The van der Waals surface area contributed by atoms with E-state index in [1.165, 1.54) is 36.0 Å². The van der Waals surface area contributed by atoms with Crippen LogP contribution in [0.1, 0.15) is 94.9 Å². The molecular formula is C20H45N. The van der Waals surface area contributed by atoms with E-state index in [0.717, 1.165) is 13.0 Å². The summed E-state index contributed by atoms with van der Waals surface area (Å²) in [6, 6.07) is 0. The van der Waals surface area contributed by atoms with Gasteiger partial charge < -0.3 is 5.32 Å². The Labute approximate surface area is 137 Å². The fourth-order valence-electron chi connectivity index (χ4n) is 1.15. The van der Waals surface area contributed by atoms with E-state index in [1.807, 2.05) is 20.9 Å². The molecule has 0 saturated heterocycles. The average molecular weight is 300 g/mol. The molecule has 0 atom stereocenters. The second-order valence-corrected chi connectivity index (χ2v) is 4.77. The molecular weight excluding hydrogens is 254 g/mol. The van der Waals surface area contributed by atoms with Crippen LogP contribution in [0.4, 0.5) is 0 Å². The summed E-state index contributed by atoms with van der Waals surface area (Å²) >= 11 is 0. The fourth-order valence-corrected chi connectivity index (χ4v) is 1.15. The predicted octanol–water partition coefficient (Wildman–Crippen LogP) is 7.15. The Bertz CT molecular complexity index is 222. The van der Waals surface area contributed by atoms with E-state index in [0.29, 0.717) is 0 Å². The van der Waals surface area contributed by atoms with Gasteiger partial charge in [0.05, 0.1) is 0 Å². The lowest BCUT2D eigenvalue weighted by atomic mass is 10.0. The standard InChI is InChI=1S/C12H22.C3H9N.C3H8.C2H6/c1-6-10(4)9-12(8-3)11(5)7-2;1-3-4-2;1-3-2;1-2/h9H,6-8H2,1-5H3;4H,3H2,1-2H3;3H2,1-2H3;1-2H3/b10-9+,12-11+;;;. The Hall–Kier alpha value is -0.560. The molecule has 0 aromatic carbocycles. The van der Waals surface area contributed by atoms with Crippen LogP contribution in [0, 0.1) is 0 Å². The SMILES string of the molecule is CC.CC/C(C)=C/C(CC)=C(\C)CC.CCC.CCNC. The lowest BCUT2D eigenvalue weighted by Gasteiger charge is -2.05. The van der Waals surface area contributed by atoms with Crippen LogP contribution in [0.2, 0.25) is 0 Å². The molecule has 130 valence electrons. The first-order valence-electron chi connectivity index (χ1n) is 8.98. The summed E-state index contributed by atoms with van der Waals surface area (Å²) in [5, 5.41) is 2.93. The number of allylic oxidation sites excluding steroid dienone is 4. The lowest BCUT2D eigenvalue weighted by molar-refractivity contribution is 0.864. The Morgan fingerprint density at radius 2 is 1.19 bits per heavy atom. The zero-order valence-electron chi connectivity index (χ0n) is 17.1. The second kappa shape index (κ2) is 27.7. The molecule has 1 nitrogen and oxygen atoms in total. The zero-order chi connectivity index (χ0) is 17.7. The predicted molar refractivity (Wildman–Crippen MR) is 104 cm³/mol. The molecule has 0 amide bonds. The molecule has 0 saturated carbocycles. The minimum absolute atomic E-state index is 1.07. The van der Waals surface area contributed by atoms with Gasteiger partial charge >= 0.3 is 0 Å². The summed E-state index contributed by atoms with van der Waals surface area (Å²) in [5.74, 6) is 0. The van der Waals surface area contributed by atoms with E-state index in [2.05, 4.69) is 66.8 Å². The molecule has 0 aliphatic rings. The van der Waals surface area contributed by atoms with Gasteiger partial charge in [-0.2, -0.15) is 0 Å².